The van der Waals surface area contributed by atoms with Crippen LogP contribution in [0.4, 0.5) is 0 Å². The highest BCUT2D eigenvalue weighted by Crippen LogP contribution is 2.35. The summed E-state index contributed by atoms with van der Waals surface area (Å²) in [5.74, 6) is 0. The van der Waals surface area contributed by atoms with Crippen molar-refractivity contribution in [2.75, 3.05) is 26.7 Å². The molecule has 1 aliphatic heterocycles. The zero-order valence-corrected chi connectivity index (χ0v) is 11.1. The smallest absolute Gasteiger partial charge is 0.0601 e. The molecule has 0 radical (unpaired) electrons. The highest BCUT2D eigenvalue weighted by molar-refractivity contribution is 5.00. The summed E-state index contributed by atoms with van der Waals surface area (Å²) in [6.45, 7) is 3.79. The lowest BCUT2D eigenvalue weighted by molar-refractivity contribution is -0.0314. The van der Waals surface area contributed by atoms with Gasteiger partial charge in [0.1, 0.15) is 0 Å². The maximum Gasteiger partial charge on any atom is 0.0601 e. The van der Waals surface area contributed by atoms with Crippen LogP contribution in [0.5, 0.6) is 0 Å². The third kappa shape index (κ3) is 2.38. The molecule has 3 rings (SSSR count). The Labute approximate surface area is 105 Å². The van der Waals surface area contributed by atoms with Crippen LogP contribution in [0.1, 0.15) is 44.9 Å². The summed E-state index contributed by atoms with van der Waals surface area (Å²) in [5, 5.41) is 3.84. The second-order valence-electron chi connectivity index (χ2n) is 6.22. The zero-order chi connectivity index (χ0) is 11.7. The SMILES string of the molecule is COC1CC(N2CCCNC3(CCCC3)C2)C1. The Morgan fingerprint density at radius 2 is 1.94 bits per heavy atom. The highest BCUT2D eigenvalue weighted by Gasteiger charge is 2.41. The molecule has 3 aliphatic rings. The second kappa shape index (κ2) is 4.87. The number of ether oxygens (including phenoxy) is 1. The number of rotatable bonds is 2. The average molecular weight is 238 g/mol. The molecule has 3 fully saturated rings. The molecule has 0 aromatic heterocycles. The van der Waals surface area contributed by atoms with Crippen molar-refractivity contribution in [3.63, 3.8) is 0 Å². The largest absolute Gasteiger partial charge is 0.381 e. The van der Waals surface area contributed by atoms with Gasteiger partial charge in [-0.15, -0.1) is 0 Å². The highest BCUT2D eigenvalue weighted by atomic mass is 16.5. The number of methoxy groups -OCH3 is 1. The molecule has 98 valence electrons. The quantitative estimate of drug-likeness (QED) is 0.793. The van der Waals surface area contributed by atoms with Crippen LogP contribution in [-0.2, 0) is 4.74 Å². The van der Waals surface area contributed by atoms with Gasteiger partial charge < -0.3 is 10.1 Å². The molecule has 1 saturated heterocycles. The maximum absolute atomic E-state index is 5.41. The van der Waals surface area contributed by atoms with Crippen LogP contribution in [0, 0.1) is 0 Å². The van der Waals surface area contributed by atoms with E-state index in [1.54, 1.807) is 0 Å². The molecule has 0 bridgehead atoms. The van der Waals surface area contributed by atoms with E-state index >= 15 is 0 Å². The van der Waals surface area contributed by atoms with E-state index in [4.69, 9.17) is 4.74 Å². The number of nitrogens with zero attached hydrogens (tertiary/aromatic N) is 1. The van der Waals surface area contributed by atoms with Crippen molar-refractivity contribution in [3.05, 3.63) is 0 Å². The van der Waals surface area contributed by atoms with E-state index < -0.39 is 0 Å². The summed E-state index contributed by atoms with van der Waals surface area (Å²) in [7, 11) is 1.85. The van der Waals surface area contributed by atoms with Crippen LogP contribution < -0.4 is 5.32 Å². The van der Waals surface area contributed by atoms with Gasteiger partial charge >= 0.3 is 0 Å². The summed E-state index contributed by atoms with van der Waals surface area (Å²) in [6.07, 6.45) is 10.00. The topological polar surface area (TPSA) is 24.5 Å². The fraction of sp³-hybridized carbons (Fsp3) is 1.00. The molecule has 0 aromatic carbocycles. The number of hydrogen-bond acceptors (Lipinski definition) is 3. The van der Waals surface area contributed by atoms with Crippen molar-refractivity contribution in [2.24, 2.45) is 0 Å². The lowest BCUT2D eigenvalue weighted by Gasteiger charge is -2.44. The third-order valence-corrected chi connectivity index (χ3v) is 5.11. The Balaban J connectivity index is 1.60. The molecule has 17 heavy (non-hydrogen) atoms. The molecule has 1 spiro atoms. The summed E-state index contributed by atoms with van der Waals surface area (Å²) < 4.78 is 5.41. The van der Waals surface area contributed by atoms with Crippen molar-refractivity contribution in [1.82, 2.24) is 10.2 Å². The summed E-state index contributed by atoms with van der Waals surface area (Å²) in [4.78, 5) is 2.75. The Bertz CT molecular complexity index is 257. The van der Waals surface area contributed by atoms with Crippen molar-refractivity contribution in [3.8, 4) is 0 Å². The predicted octanol–water partition coefficient (Wildman–Crippen LogP) is 1.77. The molecular formula is C14H26N2O. The molecule has 0 unspecified atom stereocenters. The zero-order valence-electron chi connectivity index (χ0n) is 11.1. The maximum atomic E-state index is 5.41. The van der Waals surface area contributed by atoms with Crippen LogP contribution in [0.2, 0.25) is 0 Å². The van der Waals surface area contributed by atoms with Gasteiger partial charge in [-0.25, -0.2) is 0 Å². The van der Waals surface area contributed by atoms with E-state index in [9.17, 15) is 0 Å². The van der Waals surface area contributed by atoms with Crippen LogP contribution in [0.3, 0.4) is 0 Å². The molecule has 2 saturated carbocycles. The van der Waals surface area contributed by atoms with Gasteiger partial charge in [0.25, 0.3) is 0 Å². The molecular weight excluding hydrogens is 212 g/mol. The summed E-state index contributed by atoms with van der Waals surface area (Å²) in [6, 6.07) is 0.803. The van der Waals surface area contributed by atoms with E-state index in [1.807, 2.05) is 7.11 Å². The van der Waals surface area contributed by atoms with E-state index in [1.165, 1.54) is 64.6 Å². The van der Waals surface area contributed by atoms with Crippen molar-refractivity contribution >= 4 is 0 Å². The summed E-state index contributed by atoms with van der Waals surface area (Å²) in [5.41, 5.74) is 0.467. The Hall–Kier alpha value is -0.120. The lowest BCUT2D eigenvalue weighted by Crippen LogP contribution is -2.55. The second-order valence-corrected chi connectivity index (χ2v) is 6.22. The fourth-order valence-corrected chi connectivity index (χ4v) is 3.89. The van der Waals surface area contributed by atoms with Crippen LogP contribution in [0.15, 0.2) is 0 Å². The van der Waals surface area contributed by atoms with E-state index in [0.29, 0.717) is 11.6 Å². The predicted molar refractivity (Wildman–Crippen MR) is 69.2 cm³/mol. The van der Waals surface area contributed by atoms with Gasteiger partial charge in [-0.05, 0) is 45.2 Å². The van der Waals surface area contributed by atoms with Gasteiger partial charge in [-0.2, -0.15) is 0 Å². The molecule has 1 N–H and O–H groups in total. The Kier molecular flexibility index (Phi) is 3.42. The average Bonchev–Trinajstić information content (AvgIpc) is 2.60. The Morgan fingerprint density at radius 3 is 2.65 bits per heavy atom. The first kappa shape index (κ1) is 11.9. The minimum atomic E-state index is 0.467. The van der Waals surface area contributed by atoms with Crippen LogP contribution in [0.25, 0.3) is 0 Å². The van der Waals surface area contributed by atoms with Gasteiger partial charge in [0.05, 0.1) is 6.10 Å². The van der Waals surface area contributed by atoms with Gasteiger partial charge in [-0.3, -0.25) is 4.90 Å². The minimum Gasteiger partial charge on any atom is -0.381 e. The third-order valence-electron chi connectivity index (χ3n) is 5.11. The standard InChI is InChI=1S/C14H26N2O/c1-17-13-9-12(10-13)16-8-4-7-15-14(11-16)5-2-3-6-14/h12-13,15H,2-11H2,1H3. The molecule has 0 amide bonds. The van der Waals surface area contributed by atoms with Crippen LogP contribution in [-0.4, -0.2) is 49.3 Å². The normalized spacial score (nSPS) is 37.9. The van der Waals surface area contributed by atoms with Crippen LogP contribution >= 0.6 is 0 Å². The molecule has 2 aliphatic carbocycles. The lowest BCUT2D eigenvalue weighted by atomic mass is 9.86. The van der Waals surface area contributed by atoms with E-state index in [0.717, 1.165) is 6.04 Å². The number of hydrogen-bond donors (Lipinski definition) is 1. The van der Waals surface area contributed by atoms with Gasteiger partial charge in [0.2, 0.25) is 0 Å². The van der Waals surface area contributed by atoms with Gasteiger partial charge in [0, 0.05) is 25.2 Å². The Morgan fingerprint density at radius 1 is 1.18 bits per heavy atom. The first-order valence-electron chi connectivity index (χ1n) is 7.33. The molecule has 3 heteroatoms. The van der Waals surface area contributed by atoms with E-state index in [-0.39, 0.29) is 0 Å². The van der Waals surface area contributed by atoms with E-state index in [2.05, 4.69) is 10.2 Å². The van der Waals surface area contributed by atoms with Crippen molar-refractivity contribution < 1.29 is 4.74 Å². The fourth-order valence-electron chi connectivity index (χ4n) is 3.89. The molecule has 0 aromatic rings. The first-order valence-corrected chi connectivity index (χ1v) is 7.33. The monoisotopic (exact) mass is 238 g/mol. The number of nitrogens with one attached hydrogen (secondary N) is 1. The van der Waals surface area contributed by atoms with Crippen molar-refractivity contribution in [2.45, 2.75) is 62.6 Å². The van der Waals surface area contributed by atoms with Gasteiger partial charge in [0.15, 0.2) is 0 Å². The summed E-state index contributed by atoms with van der Waals surface area (Å²) >= 11 is 0. The molecule has 0 atom stereocenters. The van der Waals surface area contributed by atoms with Crippen molar-refractivity contribution in [1.29, 1.82) is 0 Å². The first-order chi connectivity index (χ1) is 8.31. The minimum absolute atomic E-state index is 0.467. The van der Waals surface area contributed by atoms with Gasteiger partial charge in [-0.1, -0.05) is 12.8 Å². The molecule has 3 nitrogen and oxygen atoms in total. The molecule has 1 heterocycles.